The normalized spacial score (nSPS) is 17.0. The van der Waals surface area contributed by atoms with Gasteiger partial charge in [-0.25, -0.2) is 0 Å². The van der Waals surface area contributed by atoms with Gasteiger partial charge in [-0.3, -0.25) is 0 Å². The summed E-state index contributed by atoms with van der Waals surface area (Å²) in [5, 5.41) is 3.74. The first-order valence-electron chi connectivity index (χ1n) is 8.75. The molecular weight excluding hydrogens is 256 g/mol. The van der Waals surface area contributed by atoms with Crippen molar-refractivity contribution >= 4 is 0 Å². The molecule has 0 bridgehead atoms. The molecule has 0 radical (unpaired) electrons. The molecule has 0 heterocycles. The van der Waals surface area contributed by atoms with Crippen molar-refractivity contribution in [2.75, 3.05) is 26.2 Å². The zero-order chi connectivity index (χ0) is 15.1. The van der Waals surface area contributed by atoms with Gasteiger partial charge in [0.25, 0.3) is 0 Å². The maximum Gasteiger partial charge on any atom is 0.0449 e. The minimum absolute atomic E-state index is 0.463. The molecule has 0 aromatic heterocycles. The van der Waals surface area contributed by atoms with Gasteiger partial charge in [-0.1, -0.05) is 50.1 Å². The first kappa shape index (κ1) is 16.5. The Balaban J connectivity index is 1.97. The molecule has 118 valence electrons. The van der Waals surface area contributed by atoms with Gasteiger partial charge in [0.15, 0.2) is 0 Å². The summed E-state index contributed by atoms with van der Waals surface area (Å²) < 4.78 is 0. The van der Waals surface area contributed by atoms with Gasteiger partial charge in [-0.15, -0.1) is 0 Å². The molecule has 0 aliphatic heterocycles. The first-order valence-corrected chi connectivity index (χ1v) is 8.75. The van der Waals surface area contributed by atoms with Gasteiger partial charge < -0.3 is 10.2 Å². The van der Waals surface area contributed by atoms with Crippen molar-refractivity contribution in [2.45, 2.75) is 52.5 Å². The largest absolute Gasteiger partial charge is 0.309 e. The fourth-order valence-corrected chi connectivity index (χ4v) is 3.04. The van der Waals surface area contributed by atoms with Crippen molar-refractivity contribution in [3.63, 3.8) is 0 Å². The lowest BCUT2D eigenvalue weighted by molar-refractivity contribution is 0.170. The highest BCUT2D eigenvalue weighted by Crippen LogP contribution is 2.27. The van der Waals surface area contributed by atoms with Crippen LogP contribution in [0.3, 0.4) is 0 Å². The van der Waals surface area contributed by atoms with Crippen LogP contribution in [0.15, 0.2) is 24.3 Å². The van der Waals surface area contributed by atoms with Gasteiger partial charge in [0, 0.05) is 19.1 Å². The minimum Gasteiger partial charge on any atom is -0.309 e. The Morgan fingerprint density at radius 2 is 1.90 bits per heavy atom. The zero-order valence-corrected chi connectivity index (χ0v) is 14.1. The van der Waals surface area contributed by atoms with Gasteiger partial charge in [0.2, 0.25) is 0 Å². The Morgan fingerprint density at radius 3 is 2.43 bits per heavy atom. The average Bonchev–Trinajstić information content (AvgIpc) is 2.46. The molecular formula is C19H32N2. The van der Waals surface area contributed by atoms with Gasteiger partial charge in [-0.05, 0) is 50.8 Å². The van der Waals surface area contributed by atoms with E-state index in [1.807, 2.05) is 0 Å². The van der Waals surface area contributed by atoms with Crippen molar-refractivity contribution in [1.29, 1.82) is 0 Å². The van der Waals surface area contributed by atoms with Gasteiger partial charge in [-0.2, -0.15) is 0 Å². The van der Waals surface area contributed by atoms with E-state index in [1.165, 1.54) is 43.4 Å². The molecule has 2 heteroatoms. The summed E-state index contributed by atoms with van der Waals surface area (Å²) in [6.07, 6.45) is 5.51. The summed E-state index contributed by atoms with van der Waals surface area (Å²) in [6.45, 7) is 11.4. The van der Waals surface area contributed by atoms with Crippen molar-refractivity contribution in [3.8, 4) is 0 Å². The molecule has 2 nitrogen and oxygen atoms in total. The van der Waals surface area contributed by atoms with E-state index in [4.69, 9.17) is 0 Å². The Kier molecular flexibility index (Phi) is 6.72. The summed E-state index contributed by atoms with van der Waals surface area (Å²) in [4.78, 5) is 2.64. The third kappa shape index (κ3) is 5.12. The number of rotatable bonds is 9. The van der Waals surface area contributed by atoms with Crippen LogP contribution in [0.5, 0.6) is 0 Å². The van der Waals surface area contributed by atoms with E-state index in [1.54, 1.807) is 0 Å². The minimum atomic E-state index is 0.463. The third-order valence-corrected chi connectivity index (χ3v) is 4.75. The van der Waals surface area contributed by atoms with Crippen LogP contribution in [0.1, 0.15) is 56.7 Å². The highest BCUT2D eigenvalue weighted by Gasteiger charge is 2.22. The van der Waals surface area contributed by atoms with Crippen LogP contribution in [0.4, 0.5) is 0 Å². The number of likely N-dealkylation sites (N-methyl/N-ethyl adjacent to an activating group) is 1. The topological polar surface area (TPSA) is 15.3 Å². The predicted octanol–water partition coefficient (Wildman–Crippen LogP) is 4.16. The molecule has 1 aromatic carbocycles. The molecule has 1 N–H and O–H groups in total. The fourth-order valence-electron chi connectivity index (χ4n) is 3.04. The fraction of sp³-hybridized carbons (Fsp3) is 0.684. The lowest BCUT2D eigenvalue weighted by Gasteiger charge is -2.34. The maximum atomic E-state index is 3.74. The lowest BCUT2D eigenvalue weighted by atomic mass is 9.85. The van der Waals surface area contributed by atoms with Gasteiger partial charge >= 0.3 is 0 Å². The molecule has 1 fully saturated rings. The van der Waals surface area contributed by atoms with Crippen LogP contribution >= 0.6 is 0 Å². The number of nitrogens with one attached hydrogen (secondary N) is 1. The second-order valence-electron chi connectivity index (χ2n) is 6.57. The number of hydrogen-bond donors (Lipinski definition) is 1. The number of nitrogens with zero attached hydrogens (tertiary/aromatic N) is 1. The Bertz CT molecular complexity index is 395. The van der Waals surface area contributed by atoms with E-state index in [9.17, 15) is 0 Å². The van der Waals surface area contributed by atoms with Crippen LogP contribution < -0.4 is 5.32 Å². The molecule has 0 amide bonds. The van der Waals surface area contributed by atoms with Crippen LogP contribution in [0, 0.1) is 12.8 Å². The number of benzene rings is 1. The van der Waals surface area contributed by atoms with Crippen LogP contribution in [-0.2, 0) is 0 Å². The summed E-state index contributed by atoms with van der Waals surface area (Å²) in [7, 11) is 0. The van der Waals surface area contributed by atoms with E-state index >= 15 is 0 Å². The second-order valence-corrected chi connectivity index (χ2v) is 6.57. The number of aryl methyl sites for hydroxylation is 1. The Morgan fingerprint density at radius 1 is 1.19 bits per heavy atom. The second kappa shape index (κ2) is 8.55. The maximum absolute atomic E-state index is 3.74. The Hall–Kier alpha value is -0.860. The van der Waals surface area contributed by atoms with Gasteiger partial charge in [0.1, 0.15) is 0 Å². The van der Waals surface area contributed by atoms with Crippen molar-refractivity contribution in [3.05, 3.63) is 35.4 Å². The van der Waals surface area contributed by atoms with Crippen LogP contribution in [0.2, 0.25) is 0 Å². The summed E-state index contributed by atoms with van der Waals surface area (Å²) in [6, 6.07) is 9.52. The molecule has 0 spiro atoms. The highest BCUT2D eigenvalue weighted by atomic mass is 15.1. The zero-order valence-electron chi connectivity index (χ0n) is 14.1. The van der Waals surface area contributed by atoms with Crippen molar-refractivity contribution in [1.82, 2.24) is 10.2 Å². The smallest absolute Gasteiger partial charge is 0.0449 e. The molecule has 1 unspecified atom stereocenters. The molecule has 21 heavy (non-hydrogen) atoms. The molecule has 0 saturated heterocycles. The van der Waals surface area contributed by atoms with E-state index in [-0.39, 0.29) is 0 Å². The standard InChI is InChI=1S/C19H32N2/c1-4-13-20-19(18-11-9-16(3)10-12-18)15-21(5-2)14-17-7-6-8-17/h9-12,17,19-20H,4-8,13-15H2,1-3H3. The van der Waals surface area contributed by atoms with E-state index in [0.717, 1.165) is 25.6 Å². The van der Waals surface area contributed by atoms with E-state index < -0.39 is 0 Å². The van der Waals surface area contributed by atoms with Crippen LogP contribution in [-0.4, -0.2) is 31.1 Å². The van der Waals surface area contributed by atoms with Crippen molar-refractivity contribution in [2.24, 2.45) is 5.92 Å². The predicted molar refractivity (Wildman–Crippen MR) is 91.7 cm³/mol. The Labute approximate surface area is 130 Å². The average molecular weight is 288 g/mol. The first-order chi connectivity index (χ1) is 10.2. The summed E-state index contributed by atoms with van der Waals surface area (Å²) in [5.74, 6) is 0.954. The molecule has 1 aliphatic rings. The molecule has 1 aliphatic carbocycles. The molecule has 1 atom stereocenters. The summed E-state index contributed by atoms with van der Waals surface area (Å²) >= 11 is 0. The SMILES string of the molecule is CCCNC(CN(CC)CC1CCC1)c1ccc(C)cc1. The van der Waals surface area contributed by atoms with Gasteiger partial charge in [0.05, 0.1) is 0 Å². The molecule has 1 saturated carbocycles. The molecule has 2 rings (SSSR count). The summed E-state index contributed by atoms with van der Waals surface area (Å²) in [5.41, 5.74) is 2.77. The van der Waals surface area contributed by atoms with E-state index in [0.29, 0.717) is 6.04 Å². The lowest BCUT2D eigenvalue weighted by Crippen LogP contribution is -2.39. The highest BCUT2D eigenvalue weighted by molar-refractivity contribution is 5.24. The van der Waals surface area contributed by atoms with Crippen LogP contribution in [0.25, 0.3) is 0 Å². The number of hydrogen-bond acceptors (Lipinski definition) is 2. The van der Waals surface area contributed by atoms with E-state index in [2.05, 4.69) is 55.3 Å². The molecule has 1 aromatic rings. The monoisotopic (exact) mass is 288 g/mol. The van der Waals surface area contributed by atoms with Crippen molar-refractivity contribution < 1.29 is 0 Å². The third-order valence-electron chi connectivity index (χ3n) is 4.75. The quantitative estimate of drug-likeness (QED) is 0.734.